The summed E-state index contributed by atoms with van der Waals surface area (Å²) in [5.41, 5.74) is 0.486. The molecule has 0 bridgehead atoms. The molecule has 2 aliphatic rings. The maximum atomic E-state index is 14.1. The van der Waals surface area contributed by atoms with Crippen molar-refractivity contribution in [2.75, 3.05) is 31.6 Å². The van der Waals surface area contributed by atoms with Crippen LogP contribution in [-0.4, -0.2) is 43.0 Å². The topological polar surface area (TPSA) is 58.6 Å². The Kier molecular flexibility index (Phi) is 4.92. The van der Waals surface area contributed by atoms with Gasteiger partial charge in [0.2, 0.25) is 0 Å². The van der Waals surface area contributed by atoms with Crippen LogP contribution in [0.15, 0.2) is 29.6 Å². The fourth-order valence-electron chi connectivity index (χ4n) is 3.69. The quantitative estimate of drug-likeness (QED) is 0.833. The molecule has 1 N–H and O–H groups in total. The fourth-order valence-corrected chi connectivity index (χ4v) is 4.73. The molecule has 27 heavy (non-hydrogen) atoms. The zero-order chi connectivity index (χ0) is 19.0. The highest BCUT2D eigenvalue weighted by Gasteiger charge is 2.42. The van der Waals surface area contributed by atoms with Gasteiger partial charge in [-0.05, 0) is 42.5 Å². The number of amides is 2. The second-order valence-electron chi connectivity index (χ2n) is 7.06. The van der Waals surface area contributed by atoms with Gasteiger partial charge in [0.05, 0.1) is 11.6 Å². The van der Waals surface area contributed by atoms with Crippen molar-refractivity contribution in [2.45, 2.75) is 12.8 Å². The molecule has 4 rings (SSSR count). The molecule has 2 aliphatic heterocycles. The monoisotopic (exact) mass is 408 g/mol. The summed E-state index contributed by atoms with van der Waals surface area (Å²) in [6, 6.07) is 5.51. The standard InChI is InChI=1S/C19H18ClFN2O3S/c20-15-1-6-27-16(15)17(24)22-14-8-12(7-13(21)9-14)18(25)23-4-2-19(10-23)3-5-26-11-19/h1,6-9H,2-5,10-11H2,(H,22,24). The number of nitrogens with zero attached hydrogens (tertiary/aromatic N) is 1. The lowest BCUT2D eigenvalue weighted by molar-refractivity contribution is 0.0765. The largest absolute Gasteiger partial charge is 0.381 e. The van der Waals surface area contributed by atoms with Gasteiger partial charge < -0.3 is 15.0 Å². The van der Waals surface area contributed by atoms with Crippen LogP contribution in [0.5, 0.6) is 0 Å². The summed E-state index contributed by atoms with van der Waals surface area (Å²) in [7, 11) is 0. The Morgan fingerprint density at radius 3 is 2.85 bits per heavy atom. The molecule has 0 aliphatic carbocycles. The molecule has 8 heteroatoms. The average molecular weight is 409 g/mol. The van der Waals surface area contributed by atoms with Crippen LogP contribution in [0.25, 0.3) is 0 Å². The summed E-state index contributed by atoms with van der Waals surface area (Å²) in [5.74, 6) is -1.24. The van der Waals surface area contributed by atoms with E-state index in [1.807, 2.05) is 0 Å². The van der Waals surface area contributed by atoms with E-state index in [2.05, 4.69) is 5.32 Å². The molecule has 0 saturated carbocycles. The van der Waals surface area contributed by atoms with Gasteiger partial charge in [-0.15, -0.1) is 11.3 Å². The zero-order valence-electron chi connectivity index (χ0n) is 14.5. The molecular weight excluding hydrogens is 391 g/mol. The Morgan fingerprint density at radius 2 is 2.15 bits per heavy atom. The van der Waals surface area contributed by atoms with Gasteiger partial charge in [-0.3, -0.25) is 9.59 Å². The third kappa shape index (κ3) is 3.72. The molecule has 1 unspecified atom stereocenters. The van der Waals surface area contributed by atoms with Crippen molar-refractivity contribution in [3.8, 4) is 0 Å². The second-order valence-corrected chi connectivity index (χ2v) is 8.38. The SMILES string of the molecule is O=C(Nc1cc(F)cc(C(=O)N2CCC3(CCOC3)C2)c1)c1sccc1Cl. The van der Waals surface area contributed by atoms with E-state index in [9.17, 15) is 14.0 Å². The minimum absolute atomic E-state index is 0.0376. The van der Waals surface area contributed by atoms with E-state index in [1.165, 1.54) is 29.5 Å². The maximum Gasteiger partial charge on any atom is 0.267 e. The van der Waals surface area contributed by atoms with E-state index in [-0.39, 0.29) is 22.6 Å². The predicted octanol–water partition coefficient (Wildman–Crippen LogP) is 4.05. The van der Waals surface area contributed by atoms with Gasteiger partial charge >= 0.3 is 0 Å². The van der Waals surface area contributed by atoms with Gasteiger partial charge in [-0.25, -0.2) is 4.39 Å². The van der Waals surface area contributed by atoms with Crippen LogP contribution >= 0.6 is 22.9 Å². The minimum Gasteiger partial charge on any atom is -0.381 e. The van der Waals surface area contributed by atoms with Crippen LogP contribution in [0, 0.1) is 11.2 Å². The summed E-state index contributed by atoms with van der Waals surface area (Å²) >= 11 is 7.16. The average Bonchev–Trinajstić information content (AvgIpc) is 3.36. The Bertz CT molecular complexity index is 895. The summed E-state index contributed by atoms with van der Waals surface area (Å²) in [6.07, 6.45) is 1.84. The van der Waals surface area contributed by atoms with Crippen LogP contribution in [0.4, 0.5) is 10.1 Å². The van der Waals surface area contributed by atoms with Crippen LogP contribution in [0.2, 0.25) is 5.02 Å². The van der Waals surface area contributed by atoms with Gasteiger partial charge in [-0.1, -0.05) is 11.6 Å². The second kappa shape index (κ2) is 7.22. The van der Waals surface area contributed by atoms with Crippen LogP contribution < -0.4 is 5.32 Å². The van der Waals surface area contributed by atoms with Crippen molar-refractivity contribution in [1.82, 2.24) is 4.90 Å². The van der Waals surface area contributed by atoms with E-state index < -0.39 is 11.7 Å². The molecule has 3 heterocycles. The van der Waals surface area contributed by atoms with E-state index in [0.29, 0.717) is 29.6 Å². The number of hydrogen-bond acceptors (Lipinski definition) is 4. The number of ether oxygens (including phenoxy) is 1. The highest BCUT2D eigenvalue weighted by Crippen LogP contribution is 2.38. The smallest absolute Gasteiger partial charge is 0.267 e. The summed E-state index contributed by atoms with van der Waals surface area (Å²) in [4.78, 5) is 27.2. The summed E-state index contributed by atoms with van der Waals surface area (Å²) in [5, 5.41) is 4.66. The maximum absolute atomic E-state index is 14.1. The number of likely N-dealkylation sites (tertiary alicyclic amines) is 1. The highest BCUT2D eigenvalue weighted by atomic mass is 35.5. The number of rotatable bonds is 3. The predicted molar refractivity (Wildman–Crippen MR) is 102 cm³/mol. The highest BCUT2D eigenvalue weighted by molar-refractivity contribution is 7.12. The van der Waals surface area contributed by atoms with Crippen molar-refractivity contribution in [2.24, 2.45) is 5.41 Å². The molecular formula is C19H18ClFN2O3S. The first-order chi connectivity index (χ1) is 13.0. The van der Waals surface area contributed by atoms with Crippen molar-refractivity contribution in [3.63, 3.8) is 0 Å². The lowest BCUT2D eigenvalue weighted by Crippen LogP contribution is -2.32. The van der Waals surface area contributed by atoms with Gasteiger partial charge in [-0.2, -0.15) is 0 Å². The first-order valence-electron chi connectivity index (χ1n) is 8.68. The Morgan fingerprint density at radius 1 is 1.30 bits per heavy atom. The number of nitrogens with one attached hydrogen (secondary N) is 1. The Hall–Kier alpha value is -1.96. The number of hydrogen-bond donors (Lipinski definition) is 1. The van der Waals surface area contributed by atoms with Gasteiger partial charge in [0.15, 0.2) is 0 Å². The number of halogens is 2. The lowest BCUT2D eigenvalue weighted by Gasteiger charge is -2.22. The molecule has 2 aromatic rings. The van der Waals surface area contributed by atoms with Gasteiger partial charge in [0, 0.05) is 36.4 Å². The van der Waals surface area contributed by atoms with Gasteiger partial charge in [0.25, 0.3) is 11.8 Å². The van der Waals surface area contributed by atoms with Crippen molar-refractivity contribution in [3.05, 3.63) is 50.9 Å². The van der Waals surface area contributed by atoms with Crippen molar-refractivity contribution >= 4 is 40.4 Å². The minimum atomic E-state index is -0.577. The summed E-state index contributed by atoms with van der Waals surface area (Å²) < 4.78 is 19.6. The zero-order valence-corrected chi connectivity index (χ0v) is 16.0. The molecule has 1 atom stereocenters. The molecule has 2 saturated heterocycles. The number of carbonyl (C=O) groups excluding carboxylic acids is 2. The fraction of sp³-hybridized carbons (Fsp3) is 0.368. The van der Waals surface area contributed by atoms with Crippen LogP contribution in [0.3, 0.4) is 0 Å². The molecule has 5 nitrogen and oxygen atoms in total. The Labute approximate surface area is 165 Å². The Balaban J connectivity index is 1.51. The first kappa shape index (κ1) is 18.4. The molecule has 1 spiro atoms. The van der Waals surface area contributed by atoms with Crippen molar-refractivity contribution in [1.29, 1.82) is 0 Å². The van der Waals surface area contributed by atoms with E-state index in [0.717, 1.165) is 19.4 Å². The normalized spacial score (nSPS) is 21.8. The third-order valence-electron chi connectivity index (χ3n) is 5.14. The number of benzene rings is 1. The van der Waals surface area contributed by atoms with Gasteiger partial charge in [0.1, 0.15) is 10.7 Å². The number of anilines is 1. The molecule has 1 aromatic carbocycles. The van der Waals surface area contributed by atoms with E-state index in [1.54, 1.807) is 16.3 Å². The third-order valence-corrected chi connectivity index (χ3v) is 6.48. The molecule has 1 aromatic heterocycles. The van der Waals surface area contributed by atoms with Crippen LogP contribution in [-0.2, 0) is 4.74 Å². The number of thiophene rings is 1. The van der Waals surface area contributed by atoms with E-state index >= 15 is 0 Å². The van der Waals surface area contributed by atoms with E-state index in [4.69, 9.17) is 16.3 Å². The molecule has 2 fully saturated rings. The summed E-state index contributed by atoms with van der Waals surface area (Å²) in [6.45, 7) is 2.65. The number of carbonyl (C=O) groups is 2. The first-order valence-corrected chi connectivity index (χ1v) is 9.94. The molecule has 2 amide bonds. The molecule has 0 radical (unpaired) electrons. The van der Waals surface area contributed by atoms with Crippen molar-refractivity contribution < 1.29 is 18.7 Å². The lowest BCUT2D eigenvalue weighted by atomic mass is 9.87. The molecule has 142 valence electrons. The van der Waals surface area contributed by atoms with Crippen LogP contribution in [0.1, 0.15) is 32.9 Å².